The Bertz CT molecular complexity index is 775. The van der Waals surface area contributed by atoms with Gasteiger partial charge in [-0.1, -0.05) is 26.0 Å². The molecule has 6 heteroatoms. The number of morpholine rings is 1. The Morgan fingerprint density at radius 2 is 1.96 bits per heavy atom. The minimum Gasteiger partial charge on any atom is -0.379 e. The molecular formula is C20H28N4O2. The SMILES string of the molecule is CCc1nc2ccccc2n1[C@H](CC)C(=O)N1CC(N2CCOCC2)C1. The topological polar surface area (TPSA) is 50.6 Å². The molecule has 0 radical (unpaired) electrons. The van der Waals surface area contributed by atoms with Gasteiger partial charge in [-0.3, -0.25) is 9.69 Å². The van der Waals surface area contributed by atoms with Crippen LogP contribution in [-0.4, -0.2) is 70.7 Å². The number of nitrogens with zero attached hydrogens (tertiary/aromatic N) is 4. The van der Waals surface area contributed by atoms with Gasteiger partial charge in [-0.15, -0.1) is 0 Å². The molecule has 1 aromatic carbocycles. The lowest BCUT2D eigenvalue weighted by molar-refractivity contribution is -0.143. The first-order valence-electron chi connectivity index (χ1n) is 9.79. The minimum atomic E-state index is -0.164. The van der Waals surface area contributed by atoms with E-state index in [0.717, 1.165) is 69.1 Å². The first-order chi connectivity index (χ1) is 12.7. The number of carbonyl (C=O) groups excluding carboxylic acids is 1. The van der Waals surface area contributed by atoms with E-state index in [9.17, 15) is 4.79 Å². The molecule has 6 nitrogen and oxygen atoms in total. The number of rotatable bonds is 5. The number of hydrogen-bond acceptors (Lipinski definition) is 4. The highest BCUT2D eigenvalue weighted by Crippen LogP contribution is 2.28. The van der Waals surface area contributed by atoms with Gasteiger partial charge in [0.25, 0.3) is 0 Å². The summed E-state index contributed by atoms with van der Waals surface area (Å²) in [6.07, 6.45) is 1.61. The third-order valence-electron chi connectivity index (χ3n) is 5.70. The van der Waals surface area contributed by atoms with E-state index in [0.29, 0.717) is 6.04 Å². The van der Waals surface area contributed by atoms with Crippen LogP contribution in [0.15, 0.2) is 24.3 Å². The number of imidazole rings is 1. The van der Waals surface area contributed by atoms with Crippen molar-refractivity contribution in [1.82, 2.24) is 19.4 Å². The summed E-state index contributed by atoms with van der Waals surface area (Å²) in [7, 11) is 0. The molecule has 140 valence electrons. The van der Waals surface area contributed by atoms with E-state index >= 15 is 0 Å². The van der Waals surface area contributed by atoms with Crippen molar-refractivity contribution in [3.63, 3.8) is 0 Å². The Hall–Kier alpha value is -1.92. The molecule has 26 heavy (non-hydrogen) atoms. The van der Waals surface area contributed by atoms with Crippen molar-refractivity contribution in [2.24, 2.45) is 0 Å². The lowest BCUT2D eigenvalue weighted by Gasteiger charge is -2.47. The maximum Gasteiger partial charge on any atom is 0.245 e. The first-order valence-corrected chi connectivity index (χ1v) is 9.79. The summed E-state index contributed by atoms with van der Waals surface area (Å²) in [5, 5.41) is 0. The second-order valence-corrected chi connectivity index (χ2v) is 7.21. The molecule has 0 aliphatic carbocycles. The molecule has 3 heterocycles. The van der Waals surface area contributed by atoms with E-state index in [4.69, 9.17) is 9.72 Å². The average Bonchev–Trinajstić information content (AvgIpc) is 3.01. The van der Waals surface area contributed by atoms with Crippen LogP contribution in [0, 0.1) is 0 Å². The van der Waals surface area contributed by atoms with E-state index < -0.39 is 0 Å². The molecule has 2 saturated heterocycles. The van der Waals surface area contributed by atoms with Gasteiger partial charge in [0, 0.05) is 38.6 Å². The highest BCUT2D eigenvalue weighted by Gasteiger charge is 2.38. The van der Waals surface area contributed by atoms with Gasteiger partial charge in [0.2, 0.25) is 5.91 Å². The molecule has 2 fully saturated rings. The number of para-hydroxylation sites is 2. The predicted octanol–water partition coefficient (Wildman–Crippen LogP) is 2.09. The van der Waals surface area contributed by atoms with Crippen LogP contribution in [0.2, 0.25) is 0 Å². The number of aryl methyl sites for hydroxylation is 1. The number of hydrogen-bond donors (Lipinski definition) is 0. The fourth-order valence-electron chi connectivity index (χ4n) is 4.18. The van der Waals surface area contributed by atoms with Crippen LogP contribution in [0.3, 0.4) is 0 Å². The molecule has 2 aliphatic heterocycles. The van der Waals surface area contributed by atoms with Gasteiger partial charge in [-0.25, -0.2) is 4.98 Å². The number of ether oxygens (including phenoxy) is 1. The van der Waals surface area contributed by atoms with Crippen molar-refractivity contribution in [2.75, 3.05) is 39.4 Å². The molecule has 0 N–H and O–H groups in total. The van der Waals surface area contributed by atoms with Crippen molar-refractivity contribution < 1.29 is 9.53 Å². The summed E-state index contributed by atoms with van der Waals surface area (Å²) in [4.78, 5) is 22.4. The zero-order valence-corrected chi connectivity index (χ0v) is 15.7. The van der Waals surface area contributed by atoms with Gasteiger partial charge >= 0.3 is 0 Å². The molecule has 1 atom stereocenters. The van der Waals surface area contributed by atoms with Crippen LogP contribution < -0.4 is 0 Å². The molecule has 2 aromatic rings. The fourth-order valence-corrected chi connectivity index (χ4v) is 4.18. The van der Waals surface area contributed by atoms with Crippen molar-refractivity contribution in [3.8, 4) is 0 Å². The number of likely N-dealkylation sites (tertiary alicyclic amines) is 1. The zero-order chi connectivity index (χ0) is 18.1. The lowest BCUT2D eigenvalue weighted by Crippen LogP contribution is -2.63. The molecule has 1 aromatic heterocycles. The van der Waals surface area contributed by atoms with E-state index in [-0.39, 0.29) is 11.9 Å². The Morgan fingerprint density at radius 1 is 1.23 bits per heavy atom. The molecule has 0 bridgehead atoms. The second kappa shape index (κ2) is 7.37. The number of benzene rings is 1. The summed E-state index contributed by atoms with van der Waals surface area (Å²) in [5.41, 5.74) is 2.04. The van der Waals surface area contributed by atoms with E-state index in [1.165, 1.54) is 0 Å². The maximum atomic E-state index is 13.2. The van der Waals surface area contributed by atoms with Crippen LogP contribution in [0.4, 0.5) is 0 Å². The van der Waals surface area contributed by atoms with Gasteiger partial charge < -0.3 is 14.2 Å². The van der Waals surface area contributed by atoms with Crippen LogP contribution >= 0.6 is 0 Å². The second-order valence-electron chi connectivity index (χ2n) is 7.21. The average molecular weight is 356 g/mol. The van der Waals surface area contributed by atoms with E-state index in [1.54, 1.807) is 0 Å². The molecular weight excluding hydrogens is 328 g/mol. The van der Waals surface area contributed by atoms with E-state index in [1.807, 2.05) is 23.1 Å². The highest BCUT2D eigenvalue weighted by molar-refractivity contribution is 5.85. The van der Waals surface area contributed by atoms with Gasteiger partial charge in [0.15, 0.2) is 0 Å². The van der Waals surface area contributed by atoms with Crippen LogP contribution in [0.1, 0.15) is 32.1 Å². The van der Waals surface area contributed by atoms with Gasteiger partial charge in [-0.2, -0.15) is 0 Å². The van der Waals surface area contributed by atoms with Crippen molar-refractivity contribution in [1.29, 1.82) is 0 Å². The van der Waals surface area contributed by atoms with Gasteiger partial charge in [0.05, 0.1) is 24.2 Å². The van der Waals surface area contributed by atoms with Gasteiger partial charge in [-0.05, 0) is 18.6 Å². The maximum absolute atomic E-state index is 13.2. The molecule has 2 aliphatic rings. The number of carbonyl (C=O) groups is 1. The quantitative estimate of drug-likeness (QED) is 0.823. The predicted molar refractivity (Wildman–Crippen MR) is 101 cm³/mol. The van der Waals surface area contributed by atoms with Gasteiger partial charge in [0.1, 0.15) is 11.9 Å². The zero-order valence-electron chi connectivity index (χ0n) is 15.7. The Balaban J connectivity index is 1.52. The summed E-state index contributed by atoms with van der Waals surface area (Å²) >= 11 is 0. The molecule has 0 saturated carbocycles. The Labute approximate surface area is 154 Å². The number of fused-ring (bicyclic) bond motifs is 1. The van der Waals surface area contributed by atoms with Crippen LogP contribution in [0.5, 0.6) is 0 Å². The third-order valence-corrected chi connectivity index (χ3v) is 5.70. The Kier molecular flexibility index (Phi) is 4.96. The summed E-state index contributed by atoms with van der Waals surface area (Å²) in [6, 6.07) is 8.46. The fraction of sp³-hybridized carbons (Fsp3) is 0.600. The largest absolute Gasteiger partial charge is 0.379 e. The van der Waals surface area contributed by atoms with Crippen molar-refractivity contribution >= 4 is 16.9 Å². The highest BCUT2D eigenvalue weighted by atomic mass is 16.5. The molecule has 1 amide bonds. The third kappa shape index (κ3) is 3.01. The number of amides is 1. The summed E-state index contributed by atoms with van der Waals surface area (Å²) < 4.78 is 7.60. The lowest BCUT2D eigenvalue weighted by atomic mass is 10.0. The number of aromatic nitrogens is 2. The first kappa shape index (κ1) is 17.5. The molecule has 4 rings (SSSR count). The van der Waals surface area contributed by atoms with Crippen molar-refractivity contribution in [2.45, 2.75) is 38.8 Å². The summed E-state index contributed by atoms with van der Waals surface area (Å²) in [6.45, 7) is 9.45. The van der Waals surface area contributed by atoms with Crippen molar-refractivity contribution in [3.05, 3.63) is 30.1 Å². The monoisotopic (exact) mass is 356 g/mol. The standard InChI is InChI=1S/C20H28N4O2/c1-3-17(24-18-8-6-5-7-16(18)21-19(24)4-2)20(25)23-13-15(14-23)22-9-11-26-12-10-22/h5-8,15,17H,3-4,9-14H2,1-2H3/t17-/m1/s1. The summed E-state index contributed by atoms with van der Waals surface area (Å²) in [5.74, 6) is 1.23. The smallest absolute Gasteiger partial charge is 0.245 e. The van der Waals surface area contributed by atoms with E-state index in [2.05, 4.69) is 29.4 Å². The normalized spacial score (nSPS) is 20.3. The molecule has 0 spiro atoms. The minimum absolute atomic E-state index is 0.164. The van der Waals surface area contributed by atoms with Crippen LogP contribution in [-0.2, 0) is 16.0 Å². The molecule has 0 unspecified atom stereocenters. The Morgan fingerprint density at radius 3 is 2.65 bits per heavy atom. The van der Waals surface area contributed by atoms with Crippen LogP contribution in [0.25, 0.3) is 11.0 Å².